The SMILES string of the molecule is Cc1nc2ccc(Br)cn2c1N=Nc1ccc(Cl)cc1. The number of azo groups is 1. The summed E-state index contributed by atoms with van der Waals surface area (Å²) in [5, 5.41) is 9.20. The summed E-state index contributed by atoms with van der Waals surface area (Å²) in [6.45, 7) is 1.91. The van der Waals surface area contributed by atoms with Crippen LogP contribution in [0, 0.1) is 6.92 Å². The summed E-state index contributed by atoms with van der Waals surface area (Å²) in [4.78, 5) is 4.45. The molecule has 3 aromatic rings. The highest BCUT2D eigenvalue weighted by molar-refractivity contribution is 9.10. The first-order valence-electron chi connectivity index (χ1n) is 5.95. The van der Waals surface area contributed by atoms with E-state index in [9.17, 15) is 0 Å². The second-order valence-electron chi connectivity index (χ2n) is 4.27. The fourth-order valence-electron chi connectivity index (χ4n) is 1.86. The number of aryl methyl sites for hydroxylation is 1. The fourth-order valence-corrected chi connectivity index (χ4v) is 2.32. The van der Waals surface area contributed by atoms with Crippen LogP contribution in [-0.2, 0) is 0 Å². The molecule has 0 saturated heterocycles. The molecule has 3 rings (SSSR count). The topological polar surface area (TPSA) is 42.0 Å². The van der Waals surface area contributed by atoms with Gasteiger partial charge in [0.15, 0.2) is 5.82 Å². The normalized spacial score (nSPS) is 11.6. The molecule has 0 radical (unpaired) electrons. The summed E-state index contributed by atoms with van der Waals surface area (Å²) in [7, 11) is 0. The van der Waals surface area contributed by atoms with Gasteiger partial charge in [0.05, 0.1) is 11.4 Å². The summed E-state index contributed by atoms with van der Waals surface area (Å²) >= 11 is 9.28. The van der Waals surface area contributed by atoms with Gasteiger partial charge in [-0.1, -0.05) is 11.6 Å². The van der Waals surface area contributed by atoms with Crippen molar-refractivity contribution in [1.29, 1.82) is 0 Å². The minimum atomic E-state index is 0.680. The van der Waals surface area contributed by atoms with E-state index in [1.165, 1.54) is 0 Å². The Kier molecular flexibility index (Phi) is 3.54. The monoisotopic (exact) mass is 348 g/mol. The van der Waals surface area contributed by atoms with E-state index in [1.54, 1.807) is 12.1 Å². The Hall–Kier alpha value is -1.72. The first-order chi connectivity index (χ1) is 9.63. The number of pyridine rings is 1. The molecule has 0 aliphatic heterocycles. The van der Waals surface area contributed by atoms with Crippen molar-refractivity contribution in [3.8, 4) is 0 Å². The Bertz CT molecular complexity index is 793. The average Bonchev–Trinajstić information content (AvgIpc) is 2.73. The van der Waals surface area contributed by atoms with E-state index in [0.29, 0.717) is 5.02 Å². The molecule has 6 heteroatoms. The molecular formula is C14H10BrClN4. The molecular weight excluding hydrogens is 340 g/mol. The van der Waals surface area contributed by atoms with Gasteiger partial charge in [-0.25, -0.2) is 4.98 Å². The van der Waals surface area contributed by atoms with Crippen LogP contribution in [0.1, 0.15) is 5.69 Å². The highest BCUT2D eigenvalue weighted by atomic mass is 79.9. The number of benzene rings is 1. The van der Waals surface area contributed by atoms with Crippen molar-refractivity contribution in [2.75, 3.05) is 0 Å². The van der Waals surface area contributed by atoms with E-state index >= 15 is 0 Å². The van der Waals surface area contributed by atoms with Crippen molar-refractivity contribution >= 4 is 44.7 Å². The Balaban J connectivity index is 2.03. The van der Waals surface area contributed by atoms with Gasteiger partial charge in [0.25, 0.3) is 0 Å². The molecule has 0 saturated carbocycles. The average molecular weight is 350 g/mol. The van der Waals surface area contributed by atoms with Crippen LogP contribution in [0.2, 0.25) is 5.02 Å². The predicted octanol–water partition coefficient (Wildman–Crippen LogP) is 5.47. The molecule has 0 N–H and O–H groups in total. The number of aromatic nitrogens is 2. The van der Waals surface area contributed by atoms with Crippen LogP contribution in [0.4, 0.5) is 11.5 Å². The first kappa shape index (κ1) is 13.3. The zero-order valence-electron chi connectivity index (χ0n) is 10.6. The van der Waals surface area contributed by atoms with Crippen LogP contribution in [0.15, 0.2) is 57.3 Å². The van der Waals surface area contributed by atoms with Crippen LogP contribution in [0.5, 0.6) is 0 Å². The molecule has 20 heavy (non-hydrogen) atoms. The van der Waals surface area contributed by atoms with Crippen molar-refractivity contribution in [3.63, 3.8) is 0 Å². The van der Waals surface area contributed by atoms with Crippen molar-refractivity contribution in [2.45, 2.75) is 6.92 Å². The molecule has 4 nitrogen and oxygen atoms in total. The van der Waals surface area contributed by atoms with E-state index in [1.807, 2.05) is 41.8 Å². The van der Waals surface area contributed by atoms with E-state index in [2.05, 4.69) is 31.1 Å². The fraction of sp³-hybridized carbons (Fsp3) is 0.0714. The maximum absolute atomic E-state index is 5.84. The molecule has 0 aliphatic carbocycles. The second-order valence-corrected chi connectivity index (χ2v) is 5.62. The maximum atomic E-state index is 5.84. The smallest absolute Gasteiger partial charge is 0.182 e. The second kappa shape index (κ2) is 5.34. The van der Waals surface area contributed by atoms with Gasteiger partial charge < -0.3 is 0 Å². The van der Waals surface area contributed by atoms with Crippen molar-refractivity contribution in [3.05, 3.63) is 57.8 Å². The van der Waals surface area contributed by atoms with Gasteiger partial charge in [-0.3, -0.25) is 4.40 Å². The van der Waals surface area contributed by atoms with Crippen molar-refractivity contribution < 1.29 is 0 Å². The van der Waals surface area contributed by atoms with Gasteiger partial charge >= 0.3 is 0 Å². The van der Waals surface area contributed by atoms with Crippen LogP contribution in [0.3, 0.4) is 0 Å². The maximum Gasteiger partial charge on any atom is 0.182 e. The number of hydrogen-bond donors (Lipinski definition) is 0. The van der Waals surface area contributed by atoms with Crippen LogP contribution < -0.4 is 0 Å². The minimum absolute atomic E-state index is 0.680. The van der Waals surface area contributed by atoms with E-state index in [-0.39, 0.29) is 0 Å². The lowest BCUT2D eigenvalue weighted by Crippen LogP contribution is -1.82. The third-order valence-corrected chi connectivity index (χ3v) is 3.53. The Morgan fingerprint density at radius 1 is 1.10 bits per heavy atom. The third kappa shape index (κ3) is 2.59. The summed E-state index contributed by atoms with van der Waals surface area (Å²) in [5.74, 6) is 0.719. The Morgan fingerprint density at radius 3 is 2.60 bits per heavy atom. The minimum Gasteiger partial charge on any atom is -0.282 e. The molecule has 2 aromatic heterocycles. The zero-order chi connectivity index (χ0) is 14.1. The molecule has 0 spiro atoms. The Labute approximate surface area is 129 Å². The molecule has 0 amide bonds. The van der Waals surface area contributed by atoms with Gasteiger partial charge in [-0.15, -0.1) is 10.2 Å². The van der Waals surface area contributed by atoms with Crippen molar-refractivity contribution in [2.24, 2.45) is 10.2 Å². The molecule has 0 bridgehead atoms. The van der Waals surface area contributed by atoms with Gasteiger partial charge in [0.2, 0.25) is 0 Å². The number of nitrogens with zero attached hydrogens (tertiary/aromatic N) is 4. The van der Waals surface area contributed by atoms with E-state index in [0.717, 1.165) is 27.3 Å². The quantitative estimate of drug-likeness (QED) is 0.565. The molecule has 0 fully saturated rings. The predicted molar refractivity (Wildman–Crippen MR) is 83.3 cm³/mol. The van der Waals surface area contributed by atoms with Gasteiger partial charge in [0.1, 0.15) is 5.65 Å². The highest BCUT2D eigenvalue weighted by Crippen LogP contribution is 2.25. The number of imidazole rings is 1. The zero-order valence-corrected chi connectivity index (χ0v) is 12.9. The Morgan fingerprint density at radius 2 is 1.85 bits per heavy atom. The van der Waals surface area contributed by atoms with Crippen LogP contribution >= 0.6 is 27.5 Å². The molecule has 0 atom stereocenters. The van der Waals surface area contributed by atoms with Crippen LogP contribution in [0.25, 0.3) is 5.65 Å². The summed E-state index contributed by atoms with van der Waals surface area (Å²) < 4.78 is 2.86. The van der Waals surface area contributed by atoms with Crippen molar-refractivity contribution in [1.82, 2.24) is 9.38 Å². The highest BCUT2D eigenvalue weighted by Gasteiger charge is 2.07. The number of halogens is 2. The lowest BCUT2D eigenvalue weighted by atomic mass is 10.3. The molecule has 0 unspecified atom stereocenters. The molecule has 100 valence electrons. The lowest BCUT2D eigenvalue weighted by Gasteiger charge is -1.97. The largest absolute Gasteiger partial charge is 0.282 e. The van der Waals surface area contributed by atoms with Crippen LogP contribution in [-0.4, -0.2) is 9.38 Å². The number of hydrogen-bond acceptors (Lipinski definition) is 3. The van der Waals surface area contributed by atoms with Gasteiger partial charge in [0, 0.05) is 15.7 Å². The first-order valence-corrected chi connectivity index (χ1v) is 7.12. The van der Waals surface area contributed by atoms with Gasteiger partial charge in [-0.2, -0.15) is 0 Å². The standard InChI is InChI=1S/C14H10BrClN4/c1-9-14(19-18-12-5-3-11(16)4-6-12)20-8-10(15)2-7-13(20)17-9/h2-8H,1H3. The van der Waals surface area contributed by atoms with E-state index < -0.39 is 0 Å². The molecule has 0 aliphatic rings. The summed E-state index contributed by atoms with van der Waals surface area (Å²) in [5.41, 5.74) is 2.43. The summed E-state index contributed by atoms with van der Waals surface area (Å²) in [6, 6.07) is 11.1. The molecule has 1 aromatic carbocycles. The number of rotatable bonds is 2. The number of fused-ring (bicyclic) bond motifs is 1. The summed E-state index contributed by atoms with van der Waals surface area (Å²) in [6.07, 6.45) is 1.92. The van der Waals surface area contributed by atoms with Gasteiger partial charge in [-0.05, 0) is 59.3 Å². The lowest BCUT2D eigenvalue weighted by molar-refractivity contribution is 1.09. The molecule has 2 heterocycles. The van der Waals surface area contributed by atoms with E-state index in [4.69, 9.17) is 11.6 Å². The third-order valence-electron chi connectivity index (χ3n) is 2.81.